The number of rotatable bonds is 27. The van der Waals surface area contributed by atoms with Gasteiger partial charge in [0.25, 0.3) is 0 Å². The number of nitrogens with one attached hydrogen (secondary N) is 6. The number of nitrogens with two attached hydrogens (primary N) is 3. The molecule has 0 heterocycles. The standard InChI is InChI=1S/C34H59N9O13/c1-7-17(6)27(34(55)56)43-32(53)21(11-16(4)5)40-33(54)23(14-44)42-29(50)19(8-9-26(47)48)38-31(52)22(13-25(37)46)41-30(51)20(10-15(2)3)39-28(49)18(35)12-24(36)45/h15-23,27,44H,7-14,35H2,1-6H3,(H2,36,45)(H2,37,46)(H,38,52)(H,39,49)(H,40,54)(H,41,51)(H,42,50)(H,43,53)(H,47,48)(H,55,56)/t17-,18-,19-,20-,21-,22-,23-,27-/m0/s1. The Morgan fingerprint density at radius 1 is 0.554 bits per heavy atom. The van der Waals surface area contributed by atoms with Crippen molar-refractivity contribution in [1.82, 2.24) is 31.9 Å². The Balaban J connectivity index is 6.26. The van der Waals surface area contributed by atoms with Crippen molar-refractivity contribution in [3.05, 3.63) is 0 Å². The van der Waals surface area contributed by atoms with Gasteiger partial charge in [0.2, 0.25) is 47.3 Å². The molecule has 0 rings (SSSR count). The molecule has 0 aliphatic carbocycles. The molecule has 0 saturated heterocycles. The van der Waals surface area contributed by atoms with Crippen molar-refractivity contribution in [2.24, 2.45) is 35.0 Å². The highest BCUT2D eigenvalue weighted by Crippen LogP contribution is 2.12. The van der Waals surface area contributed by atoms with Gasteiger partial charge in [0.15, 0.2) is 0 Å². The van der Waals surface area contributed by atoms with Crippen molar-refractivity contribution in [3.8, 4) is 0 Å². The fraction of sp³-hybridized carbons (Fsp3) is 0.706. The molecule has 0 aromatic rings. The first-order valence-corrected chi connectivity index (χ1v) is 18.1. The number of aliphatic carboxylic acids is 2. The summed E-state index contributed by atoms with van der Waals surface area (Å²) in [5.41, 5.74) is 16.1. The van der Waals surface area contributed by atoms with Gasteiger partial charge < -0.3 is 64.4 Å². The van der Waals surface area contributed by atoms with E-state index in [9.17, 15) is 63.3 Å². The van der Waals surface area contributed by atoms with Crippen molar-refractivity contribution in [3.63, 3.8) is 0 Å². The Morgan fingerprint density at radius 2 is 0.946 bits per heavy atom. The first kappa shape index (κ1) is 50.6. The molecular weight excluding hydrogens is 742 g/mol. The summed E-state index contributed by atoms with van der Waals surface area (Å²) in [5.74, 6) is -11.7. The average molecular weight is 802 g/mol. The summed E-state index contributed by atoms with van der Waals surface area (Å²) in [4.78, 5) is 126. The minimum atomic E-state index is -1.77. The maximum absolute atomic E-state index is 13.5. The number of aliphatic hydroxyl groups excluding tert-OH is 1. The fourth-order valence-electron chi connectivity index (χ4n) is 5.16. The zero-order valence-electron chi connectivity index (χ0n) is 32.6. The molecule has 22 heteroatoms. The molecule has 8 atom stereocenters. The lowest BCUT2D eigenvalue weighted by Crippen LogP contribution is -2.61. The van der Waals surface area contributed by atoms with Crippen LogP contribution in [0.4, 0.5) is 0 Å². The second-order valence-corrected chi connectivity index (χ2v) is 14.3. The van der Waals surface area contributed by atoms with Crippen LogP contribution in [0.5, 0.6) is 0 Å². The maximum Gasteiger partial charge on any atom is 0.326 e. The predicted octanol–water partition coefficient (Wildman–Crippen LogP) is -3.95. The normalized spacial score (nSPS) is 15.4. The lowest BCUT2D eigenvalue weighted by molar-refractivity contribution is -0.144. The summed E-state index contributed by atoms with van der Waals surface area (Å²) in [6.45, 7) is 9.18. The third-order valence-corrected chi connectivity index (χ3v) is 8.35. The molecule has 15 N–H and O–H groups in total. The number of carboxylic acid groups (broad SMARTS) is 2. The van der Waals surface area contributed by atoms with Gasteiger partial charge in [-0.1, -0.05) is 48.0 Å². The Bertz CT molecular complexity index is 1430. The van der Waals surface area contributed by atoms with Crippen LogP contribution in [0, 0.1) is 17.8 Å². The van der Waals surface area contributed by atoms with Crippen molar-refractivity contribution in [2.75, 3.05) is 6.61 Å². The Labute approximate surface area is 324 Å². The van der Waals surface area contributed by atoms with Gasteiger partial charge in [-0.2, -0.15) is 0 Å². The molecule has 318 valence electrons. The molecule has 0 aliphatic rings. The highest BCUT2D eigenvalue weighted by Gasteiger charge is 2.35. The van der Waals surface area contributed by atoms with Crippen molar-refractivity contribution in [2.45, 2.75) is 129 Å². The molecule has 0 aromatic carbocycles. The lowest BCUT2D eigenvalue weighted by Gasteiger charge is -2.28. The number of carbonyl (C=O) groups excluding carboxylic acids is 8. The smallest absolute Gasteiger partial charge is 0.326 e. The zero-order chi connectivity index (χ0) is 43.4. The summed E-state index contributed by atoms with van der Waals surface area (Å²) in [7, 11) is 0. The highest BCUT2D eigenvalue weighted by atomic mass is 16.4. The largest absolute Gasteiger partial charge is 0.481 e. The van der Waals surface area contributed by atoms with E-state index in [0.717, 1.165) is 0 Å². The average Bonchev–Trinajstić information content (AvgIpc) is 3.08. The molecular formula is C34H59N9O13. The Kier molecular flexibility index (Phi) is 22.5. The molecule has 8 amide bonds. The molecule has 0 aliphatic heterocycles. The van der Waals surface area contributed by atoms with E-state index < -0.39 is 140 Å². The summed E-state index contributed by atoms with van der Waals surface area (Å²) >= 11 is 0. The predicted molar refractivity (Wildman–Crippen MR) is 197 cm³/mol. The third kappa shape index (κ3) is 19.3. The monoisotopic (exact) mass is 801 g/mol. The van der Waals surface area contributed by atoms with Crippen LogP contribution in [0.25, 0.3) is 0 Å². The van der Waals surface area contributed by atoms with E-state index in [0.29, 0.717) is 6.42 Å². The number of hydrogen-bond donors (Lipinski definition) is 12. The molecule has 0 spiro atoms. The van der Waals surface area contributed by atoms with Gasteiger partial charge in [-0.3, -0.25) is 43.2 Å². The number of amides is 8. The van der Waals surface area contributed by atoms with Gasteiger partial charge in [0.05, 0.1) is 25.5 Å². The van der Waals surface area contributed by atoms with Gasteiger partial charge in [-0.25, -0.2) is 4.79 Å². The Hall–Kier alpha value is -5.38. The van der Waals surface area contributed by atoms with Gasteiger partial charge in [0.1, 0.15) is 36.3 Å². The van der Waals surface area contributed by atoms with Crippen molar-refractivity contribution < 1.29 is 63.3 Å². The van der Waals surface area contributed by atoms with Gasteiger partial charge in [0, 0.05) is 6.42 Å². The van der Waals surface area contributed by atoms with Crippen LogP contribution in [0.2, 0.25) is 0 Å². The molecule has 22 nitrogen and oxygen atoms in total. The number of carbonyl (C=O) groups is 10. The van der Waals surface area contributed by atoms with Crippen molar-refractivity contribution in [1.29, 1.82) is 0 Å². The van der Waals surface area contributed by atoms with Crippen LogP contribution in [0.15, 0.2) is 0 Å². The van der Waals surface area contributed by atoms with Crippen LogP contribution in [-0.4, -0.2) is 123 Å². The van der Waals surface area contributed by atoms with E-state index in [1.54, 1.807) is 41.5 Å². The van der Waals surface area contributed by atoms with Crippen molar-refractivity contribution >= 4 is 59.2 Å². The number of hydrogen-bond acceptors (Lipinski definition) is 12. The zero-order valence-corrected chi connectivity index (χ0v) is 32.6. The summed E-state index contributed by atoms with van der Waals surface area (Å²) in [6, 6.07) is -10.6. The number of carboxylic acids is 2. The second kappa shape index (κ2) is 24.9. The van der Waals surface area contributed by atoms with Crippen LogP contribution in [0.3, 0.4) is 0 Å². The fourth-order valence-corrected chi connectivity index (χ4v) is 5.16. The van der Waals surface area contributed by atoms with E-state index in [4.69, 9.17) is 17.2 Å². The van der Waals surface area contributed by atoms with E-state index in [1.807, 2.05) is 0 Å². The number of aliphatic hydroxyl groups is 1. The van der Waals surface area contributed by atoms with Crippen LogP contribution in [-0.2, 0) is 47.9 Å². The Morgan fingerprint density at radius 3 is 1.38 bits per heavy atom. The summed E-state index contributed by atoms with van der Waals surface area (Å²) in [5, 5.41) is 42.8. The van der Waals surface area contributed by atoms with Gasteiger partial charge in [-0.15, -0.1) is 0 Å². The quantitative estimate of drug-likeness (QED) is 0.0377. The van der Waals surface area contributed by atoms with E-state index in [-0.39, 0.29) is 24.7 Å². The topological polar surface area (TPSA) is 382 Å². The first-order chi connectivity index (χ1) is 25.9. The van der Waals surface area contributed by atoms with E-state index in [1.165, 1.54) is 0 Å². The molecule has 0 saturated carbocycles. The van der Waals surface area contributed by atoms with Crippen LogP contribution >= 0.6 is 0 Å². The minimum absolute atomic E-state index is 0.00226. The first-order valence-electron chi connectivity index (χ1n) is 18.1. The third-order valence-electron chi connectivity index (χ3n) is 8.35. The molecule has 0 bridgehead atoms. The summed E-state index contributed by atoms with van der Waals surface area (Å²) < 4.78 is 0. The van der Waals surface area contributed by atoms with Crippen LogP contribution < -0.4 is 49.1 Å². The van der Waals surface area contributed by atoms with E-state index >= 15 is 0 Å². The number of primary amides is 2. The molecule has 0 aromatic heterocycles. The van der Waals surface area contributed by atoms with Crippen LogP contribution in [0.1, 0.15) is 86.5 Å². The molecule has 0 unspecified atom stereocenters. The van der Waals surface area contributed by atoms with Gasteiger partial charge in [-0.05, 0) is 37.0 Å². The minimum Gasteiger partial charge on any atom is -0.481 e. The molecule has 0 radical (unpaired) electrons. The maximum atomic E-state index is 13.5. The molecule has 56 heavy (non-hydrogen) atoms. The van der Waals surface area contributed by atoms with Gasteiger partial charge >= 0.3 is 11.9 Å². The second-order valence-electron chi connectivity index (χ2n) is 14.3. The van der Waals surface area contributed by atoms with E-state index in [2.05, 4.69) is 31.9 Å². The highest BCUT2D eigenvalue weighted by molar-refractivity contribution is 5.98. The summed E-state index contributed by atoms with van der Waals surface area (Å²) in [6.07, 6.45) is -2.20. The lowest BCUT2D eigenvalue weighted by atomic mass is 9.97. The molecule has 0 fully saturated rings. The SMILES string of the molecule is CC[C@H](C)[C@H](NC(=O)[C@H](CC(C)C)NC(=O)[C@H](CO)NC(=O)[C@H](CCC(=O)O)NC(=O)[C@H](CC(N)=O)NC(=O)[C@H](CC(C)C)NC(=O)[C@@H](N)CC(N)=O)C(=O)O.